The van der Waals surface area contributed by atoms with Crippen LogP contribution in [0.5, 0.6) is 0 Å². The van der Waals surface area contributed by atoms with Crippen LogP contribution >= 0.6 is 0 Å². The van der Waals surface area contributed by atoms with Crippen LogP contribution in [0.15, 0.2) is 30.3 Å². The summed E-state index contributed by atoms with van der Waals surface area (Å²) in [6, 6.07) is 10.0. The van der Waals surface area contributed by atoms with Gasteiger partial charge >= 0.3 is 11.9 Å². The van der Waals surface area contributed by atoms with Crippen molar-refractivity contribution in [3.63, 3.8) is 0 Å². The van der Waals surface area contributed by atoms with E-state index in [0.29, 0.717) is 6.42 Å². The third-order valence-electron chi connectivity index (χ3n) is 5.89. The second-order valence-electron chi connectivity index (χ2n) is 8.20. The van der Waals surface area contributed by atoms with Gasteiger partial charge in [-0.3, -0.25) is 9.59 Å². The number of ether oxygens (including phenoxy) is 4. The average Bonchev–Trinajstić information content (AvgIpc) is 2.96. The minimum atomic E-state index is -1.41. The van der Waals surface area contributed by atoms with Crippen LogP contribution in [0.1, 0.15) is 52.5 Å². The van der Waals surface area contributed by atoms with Crippen LogP contribution in [-0.4, -0.2) is 43.1 Å². The van der Waals surface area contributed by atoms with E-state index in [2.05, 4.69) is 0 Å². The zero-order valence-electron chi connectivity index (χ0n) is 17.8. The van der Waals surface area contributed by atoms with Crippen molar-refractivity contribution in [2.75, 3.05) is 13.2 Å². The highest BCUT2D eigenvalue weighted by atomic mass is 16.7. The SMILES string of the molecule is CCOC(=O)C1(C(=O)OCC)C[C@H](Cc2ccccc2)C2(C1)O[C@H](C)C[C@@H](C)O2. The monoisotopic (exact) mass is 404 g/mol. The molecule has 1 spiro atoms. The Morgan fingerprint density at radius 3 is 2.07 bits per heavy atom. The largest absolute Gasteiger partial charge is 0.465 e. The van der Waals surface area contributed by atoms with Crippen LogP contribution < -0.4 is 0 Å². The molecule has 0 bridgehead atoms. The molecule has 0 unspecified atom stereocenters. The van der Waals surface area contributed by atoms with Crippen LogP contribution in [0.4, 0.5) is 0 Å². The zero-order valence-corrected chi connectivity index (χ0v) is 17.8. The van der Waals surface area contributed by atoms with Crippen LogP contribution in [0.25, 0.3) is 0 Å². The Morgan fingerprint density at radius 2 is 1.55 bits per heavy atom. The highest BCUT2D eigenvalue weighted by Gasteiger charge is 2.66. The molecule has 1 saturated heterocycles. The number of rotatable bonds is 6. The Morgan fingerprint density at radius 1 is 1.00 bits per heavy atom. The molecule has 6 nitrogen and oxygen atoms in total. The molecule has 1 heterocycles. The molecular weight excluding hydrogens is 372 g/mol. The van der Waals surface area contributed by atoms with Crippen molar-refractivity contribution in [1.82, 2.24) is 0 Å². The number of hydrogen-bond donors (Lipinski definition) is 0. The first-order valence-corrected chi connectivity index (χ1v) is 10.6. The van der Waals surface area contributed by atoms with Gasteiger partial charge in [-0.2, -0.15) is 0 Å². The molecule has 2 fully saturated rings. The van der Waals surface area contributed by atoms with Crippen molar-refractivity contribution in [2.45, 2.75) is 71.4 Å². The lowest BCUT2D eigenvalue weighted by atomic mass is 9.84. The molecule has 0 amide bonds. The number of hydrogen-bond acceptors (Lipinski definition) is 6. The van der Waals surface area contributed by atoms with Gasteiger partial charge in [-0.15, -0.1) is 0 Å². The highest BCUT2D eigenvalue weighted by molar-refractivity contribution is 6.00. The molecule has 29 heavy (non-hydrogen) atoms. The van der Waals surface area contributed by atoms with Gasteiger partial charge in [-0.25, -0.2) is 0 Å². The van der Waals surface area contributed by atoms with Gasteiger partial charge in [0.25, 0.3) is 0 Å². The molecule has 1 aromatic rings. The summed E-state index contributed by atoms with van der Waals surface area (Å²) >= 11 is 0. The molecule has 2 aliphatic rings. The summed E-state index contributed by atoms with van der Waals surface area (Å²) in [5, 5.41) is 0. The molecule has 0 aromatic heterocycles. The maximum absolute atomic E-state index is 13.0. The first-order valence-electron chi connectivity index (χ1n) is 10.6. The molecule has 1 aliphatic carbocycles. The fraction of sp³-hybridized carbons (Fsp3) is 0.652. The van der Waals surface area contributed by atoms with Crippen molar-refractivity contribution in [1.29, 1.82) is 0 Å². The van der Waals surface area contributed by atoms with E-state index in [9.17, 15) is 9.59 Å². The average molecular weight is 405 g/mol. The summed E-state index contributed by atoms with van der Waals surface area (Å²) in [5.74, 6) is -2.30. The van der Waals surface area contributed by atoms with Crippen LogP contribution in [-0.2, 0) is 35.0 Å². The van der Waals surface area contributed by atoms with Gasteiger partial charge in [0, 0.05) is 12.3 Å². The number of esters is 2. The van der Waals surface area contributed by atoms with Gasteiger partial charge in [0.05, 0.1) is 25.4 Å². The van der Waals surface area contributed by atoms with Gasteiger partial charge in [0.2, 0.25) is 0 Å². The second kappa shape index (κ2) is 8.84. The van der Waals surface area contributed by atoms with E-state index in [4.69, 9.17) is 18.9 Å². The molecule has 3 rings (SSSR count). The lowest BCUT2D eigenvalue weighted by Crippen LogP contribution is -2.51. The Bertz CT molecular complexity index is 687. The number of carbonyl (C=O) groups excluding carboxylic acids is 2. The minimum absolute atomic E-state index is 0.0304. The van der Waals surface area contributed by atoms with E-state index in [-0.39, 0.29) is 44.2 Å². The molecule has 1 aromatic carbocycles. The van der Waals surface area contributed by atoms with E-state index in [1.807, 2.05) is 44.2 Å². The summed E-state index contributed by atoms with van der Waals surface area (Å²) < 4.78 is 23.4. The number of carbonyl (C=O) groups is 2. The maximum Gasteiger partial charge on any atom is 0.323 e. The Hall–Kier alpha value is -1.92. The standard InChI is InChI=1S/C23H32O6/c1-5-26-20(24)22(21(25)27-6-2)14-19(13-18-10-8-7-9-11-18)23(15-22)28-16(3)12-17(4)29-23/h7-11,16-17,19H,5-6,12-15H2,1-4H3/t16-,17-,19+/m1/s1. The molecule has 1 saturated carbocycles. The topological polar surface area (TPSA) is 71.1 Å². The molecule has 0 N–H and O–H groups in total. The maximum atomic E-state index is 13.0. The lowest BCUT2D eigenvalue weighted by Gasteiger charge is -2.44. The zero-order chi connectivity index (χ0) is 21.1. The quantitative estimate of drug-likeness (QED) is 0.532. The molecule has 160 valence electrons. The summed E-state index contributed by atoms with van der Waals surface area (Å²) in [5.41, 5.74) is -0.305. The molecule has 0 radical (unpaired) electrons. The third kappa shape index (κ3) is 4.33. The van der Waals surface area contributed by atoms with E-state index < -0.39 is 23.1 Å². The van der Waals surface area contributed by atoms with Crippen molar-refractivity contribution >= 4 is 11.9 Å². The van der Waals surface area contributed by atoms with Gasteiger partial charge in [0.15, 0.2) is 11.2 Å². The fourth-order valence-electron chi connectivity index (χ4n) is 4.82. The first kappa shape index (κ1) is 21.8. The van der Waals surface area contributed by atoms with Crippen molar-refractivity contribution < 1.29 is 28.5 Å². The van der Waals surface area contributed by atoms with E-state index in [1.54, 1.807) is 13.8 Å². The van der Waals surface area contributed by atoms with Gasteiger partial charge in [-0.05, 0) is 52.5 Å². The summed E-state index contributed by atoms with van der Waals surface area (Å²) in [4.78, 5) is 26.1. The predicted octanol–water partition coefficient (Wildman–Crippen LogP) is 3.66. The molecule has 6 heteroatoms. The molecule has 1 aliphatic heterocycles. The fourth-order valence-corrected chi connectivity index (χ4v) is 4.82. The summed E-state index contributed by atoms with van der Waals surface area (Å²) in [6.07, 6.45) is 1.74. The summed E-state index contributed by atoms with van der Waals surface area (Å²) in [7, 11) is 0. The Balaban J connectivity index is 2.01. The van der Waals surface area contributed by atoms with Crippen LogP contribution in [0, 0.1) is 11.3 Å². The van der Waals surface area contributed by atoms with Gasteiger partial charge in [-0.1, -0.05) is 30.3 Å². The van der Waals surface area contributed by atoms with Crippen LogP contribution in [0.2, 0.25) is 0 Å². The van der Waals surface area contributed by atoms with E-state index in [1.165, 1.54) is 0 Å². The number of benzene rings is 1. The normalized spacial score (nSPS) is 30.8. The first-order chi connectivity index (χ1) is 13.8. The van der Waals surface area contributed by atoms with Gasteiger partial charge in [0.1, 0.15) is 0 Å². The summed E-state index contributed by atoms with van der Waals surface area (Å²) in [6.45, 7) is 7.89. The predicted molar refractivity (Wildman–Crippen MR) is 107 cm³/mol. The van der Waals surface area contributed by atoms with Crippen molar-refractivity contribution in [2.24, 2.45) is 11.3 Å². The highest BCUT2D eigenvalue weighted by Crippen LogP contribution is 2.55. The van der Waals surface area contributed by atoms with E-state index >= 15 is 0 Å². The molecule has 3 atom stereocenters. The van der Waals surface area contributed by atoms with Gasteiger partial charge < -0.3 is 18.9 Å². The van der Waals surface area contributed by atoms with Crippen molar-refractivity contribution in [3.8, 4) is 0 Å². The Kier molecular flexibility index (Phi) is 6.64. The Labute approximate surface area is 172 Å². The van der Waals surface area contributed by atoms with Crippen LogP contribution in [0.3, 0.4) is 0 Å². The smallest absolute Gasteiger partial charge is 0.323 e. The molecular formula is C23H32O6. The minimum Gasteiger partial charge on any atom is -0.465 e. The lowest BCUT2D eigenvalue weighted by molar-refractivity contribution is -0.328. The van der Waals surface area contributed by atoms with Crippen molar-refractivity contribution in [3.05, 3.63) is 35.9 Å². The van der Waals surface area contributed by atoms with E-state index in [0.717, 1.165) is 12.0 Å². The third-order valence-corrected chi connectivity index (χ3v) is 5.89. The second-order valence-corrected chi connectivity index (χ2v) is 8.20.